The van der Waals surface area contributed by atoms with Gasteiger partial charge >= 0.3 is 182 Å². The van der Waals surface area contributed by atoms with Crippen LogP contribution in [0.5, 0.6) is 0 Å². The Balaban J connectivity index is 4.45. The molecule has 0 aliphatic heterocycles. The van der Waals surface area contributed by atoms with E-state index in [4.69, 9.17) is 17.2 Å². The minimum atomic E-state index is -1.75. The summed E-state index contributed by atoms with van der Waals surface area (Å²) >= 11 is -1.75. The molecule has 0 fully saturated rings. The summed E-state index contributed by atoms with van der Waals surface area (Å²) in [7, 11) is 0. The number of unbranched alkanes of at least 4 members (excludes halogenated alkanes) is 12. The Hall–Kier alpha value is 0.594. The Morgan fingerprint density at radius 3 is 0.929 bits per heavy atom. The molecule has 0 aromatic carbocycles. The molecule has 0 unspecified atom stereocenters. The van der Waals surface area contributed by atoms with E-state index < -0.39 is 16.6 Å². The van der Waals surface area contributed by atoms with Crippen LogP contribution in [-0.2, 0) is 16.6 Å². The predicted molar refractivity (Wildman–Crippen MR) is 126 cm³/mol. The van der Waals surface area contributed by atoms with Crippen LogP contribution in [0.15, 0.2) is 0 Å². The molecule has 170 valence electrons. The van der Waals surface area contributed by atoms with E-state index in [-0.39, 0.29) is 0 Å². The molecule has 0 heterocycles. The van der Waals surface area contributed by atoms with Crippen LogP contribution in [-0.4, -0.2) is 19.6 Å². The van der Waals surface area contributed by atoms with Crippen molar-refractivity contribution in [2.24, 2.45) is 17.2 Å². The van der Waals surface area contributed by atoms with Crippen molar-refractivity contribution in [3.8, 4) is 0 Å². The molecule has 4 heteroatoms. The van der Waals surface area contributed by atoms with Crippen LogP contribution in [0.2, 0.25) is 18.4 Å². The summed E-state index contributed by atoms with van der Waals surface area (Å²) in [6.45, 7) is 7.72. The Morgan fingerprint density at radius 2 is 0.679 bits per heavy atom. The second-order valence-electron chi connectivity index (χ2n) is 9.44. The van der Waals surface area contributed by atoms with Crippen LogP contribution in [0.4, 0.5) is 0 Å². The molecule has 0 atom stereocenters. The molecule has 0 radical (unpaired) electrons. The summed E-state index contributed by atoms with van der Waals surface area (Å²) in [6.07, 6.45) is 20.6. The molecule has 0 rings (SSSR count). The van der Waals surface area contributed by atoms with Crippen molar-refractivity contribution in [3.63, 3.8) is 0 Å². The summed E-state index contributed by atoms with van der Waals surface area (Å²) in [6, 6.07) is 0. The second-order valence-corrected chi connectivity index (χ2v) is 17.8. The molecule has 0 aliphatic rings. The van der Waals surface area contributed by atoms with E-state index in [1.807, 2.05) is 0 Å². The average Bonchev–Trinajstić information content (AvgIpc) is 2.69. The van der Waals surface area contributed by atoms with Gasteiger partial charge in [-0.3, -0.25) is 0 Å². The van der Waals surface area contributed by atoms with Gasteiger partial charge in [-0.2, -0.15) is 0 Å². The third-order valence-electron chi connectivity index (χ3n) is 6.86. The fourth-order valence-electron chi connectivity index (χ4n) is 4.70. The minimum absolute atomic E-state index is 0.863. The molecule has 6 N–H and O–H groups in total. The SMILES string of the molecule is C[CH](C)[Ti]([CH2]CCCCCCN)([CH2]CCCCCCN)[CH2]CCCCCCN. The molecule has 0 saturated carbocycles. The number of hydrogen-bond acceptors (Lipinski definition) is 3. The van der Waals surface area contributed by atoms with Gasteiger partial charge in [0.05, 0.1) is 0 Å². The van der Waals surface area contributed by atoms with Gasteiger partial charge in [-0.15, -0.1) is 0 Å². The van der Waals surface area contributed by atoms with E-state index in [0.29, 0.717) is 0 Å². The Labute approximate surface area is 181 Å². The first kappa shape index (κ1) is 28.6. The maximum atomic E-state index is 5.64. The van der Waals surface area contributed by atoms with Crippen molar-refractivity contribution < 1.29 is 16.6 Å². The van der Waals surface area contributed by atoms with Gasteiger partial charge in [-0.05, 0) is 0 Å². The van der Waals surface area contributed by atoms with Gasteiger partial charge in [0.25, 0.3) is 0 Å². The fraction of sp³-hybridized carbons (Fsp3) is 1.00. The van der Waals surface area contributed by atoms with E-state index in [2.05, 4.69) is 13.8 Å². The predicted octanol–water partition coefficient (Wildman–Crippen LogP) is 6.95. The van der Waals surface area contributed by atoms with Crippen molar-refractivity contribution in [2.75, 3.05) is 19.6 Å². The molecule has 0 bridgehead atoms. The van der Waals surface area contributed by atoms with Gasteiger partial charge in [0.15, 0.2) is 0 Å². The van der Waals surface area contributed by atoms with Crippen LogP contribution in [0.3, 0.4) is 0 Å². The molecular formula is C24H55N3Ti. The zero-order valence-corrected chi connectivity index (χ0v) is 21.2. The van der Waals surface area contributed by atoms with Crippen LogP contribution in [0.1, 0.15) is 110 Å². The second kappa shape index (κ2) is 20.9. The Morgan fingerprint density at radius 1 is 0.429 bits per heavy atom. The molecule has 0 amide bonds. The van der Waals surface area contributed by atoms with Crippen LogP contribution in [0, 0.1) is 0 Å². The third-order valence-corrected chi connectivity index (χ3v) is 17.0. The standard InChI is InChI=1S/3C7H16N.C3H7.Ti/c3*1-2-3-4-5-6-7-8;1-3-2;/h3*1-8H2;3H,1-2H3;. The topological polar surface area (TPSA) is 78.1 Å². The molecule has 0 aromatic rings. The molecule has 0 spiro atoms. The van der Waals surface area contributed by atoms with Crippen molar-refractivity contribution in [1.82, 2.24) is 0 Å². The fourth-order valence-corrected chi connectivity index (χ4v) is 13.0. The van der Waals surface area contributed by atoms with Crippen molar-refractivity contribution in [2.45, 2.75) is 129 Å². The van der Waals surface area contributed by atoms with Gasteiger partial charge in [-0.1, -0.05) is 0 Å². The molecule has 0 aliphatic carbocycles. The molecule has 0 saturated heterocycles. The number of rotatable bonds is 22. The quantitative estimate of drug-likeness (QED) is 0.128. The molecular weight excluding hydrogens is 378 g/mol. The molecule has 3 nitrogen and oxygen atoms in total. The van der Waals surface area contributed by atoms with Gasteiger partial charge in [0.2, 0.25) is 0 Å². The normalized spacial score (nSPS) is 12.2. The summed E-state index contributed by atoms with van der Waals surface area (Å²) in [5, 5.41) is 0. The number of nitrogens with two attached hydrogens (primary N) is 3. The van der Waals surface area contributed by atoms with Gasteiger partial charge in [0.1, 0.15) is 0 Å². The van der Waals surface area contributed by atoms with E-state index in [1.54, 1.807) is 14.2 Å². The van der Waals surface area contributed by atoms with Crippen LogP contribution < -0.4 is 17.2 Å². The Kier molecular flexibility index (Phi) is 21.3. The maximum absolute atomic E-state index is 5.64. The van der Waals surface area contributed by atoms with Crippen molar-refractivity contribution in [3.05, 3.63) is 0 Å². The van der Waals surface area contributed by atoms with Crippen LogP contribution >= 0.6 is 0 Å². The average molecular weight is 434 g/mol. The first-order valence-electron chi connectivity index (χ1n) is 12.7. The first-order chi connectivity index (χ1) is 13.6. The zero-order chi connectivity index (χ0) is 20.9. The van der Waals surface area contributed by atoms with Gasteiger partial charge < -0.3 is 0 Å². The van der Waals surface area contributed by atoms with Gasteiger partial charge in [-0.25, -0.2) is 0 Å². The van der Waals surface area contributed by atoms with Crippen LogP contribution in [0.25, 0.3) is 0 Å². The molecule has 0 aromatic heterocycles. The van der Waals surface area contributed by atoms with E-state index in [1.165, 1.54) is 96.3 Å². The monoisotopic (exact) mass is 433 g/mol. The van der Waals surface area contributed by atoms with E-state index >= 15 is 0 Å². The number of hydrogen-bond donors (Lipinski definition) is 3. The summed E-state index contributed by atoms with van der Waals surface area (Å²) in [5.41, 5.74) is 16.9. The summed E-state index contributed by atoms with van der Waals surface area (Å²) in [4.78, 5) is 0. The zero-order valence-electron chi connectivity index (χ0n) is 19.7. The Bertz CT molecular complexity index is 269. The third kappa shape index (κ3) is 15.4. The first-order valence-corrected chi connectivity index (χ1v) is 16.9. The van der Waals surface area contributed by atoms with Crippen molar-refractivity contribution >= 4 is 0 Å². The summed E-state index contributed by atoms with van der Waals surface area (Å²) < 4.78 is 5.83. The van der Waals surface area contributed by atoms with E-state index in [0.717, 1.165) is 23.9 Å². The van der Waals surface area contributed by atoms with Crippen molar-refractivity contribution in [1.29, 1.82) is 0 Å². The summed E-state index contributed by atoms with van der Waals surface area (Å²) in [5.74, 6) is 0. The molecule has 28 heavy (non-hydrogen) atoms. The van der Waals surface area contributed by atoms with E-state index in [9.17, 15) is 0 Å². The van der Waals surface area contributed by atoms with Gasteiger partial charge in [0, 0.05) is 0 Å².